The molecule has 0 aliphatic heterocycles. The van der Waals surface area contributed by atoms with Crippen LogP contribution in [0.1, 0.15) is 40.9 Å². The van der Waals surface area contributed by atoms with Crippen molar-refractivity contribution in [2.75, 3.05) is 0 Å². The van der Waals surface area contributed by atoms with Gasteiger partial charge in [0.2, 0.25) is 5.89 Å². The summed E-state index contributed by atoms with van der Waals surface area (Å²) in [5.74, 6) is 1.03. The number of nitrogens with zero attached hydrogens (tertiary/aromatic N) is 3. The molecule has 0 radical (unpaired) electrons. The molecule has 0 saturated heterocycles. The van der Waals surface area contributed by atoms with Crippen molar-refractivity contribution in [1.82, 2.24) is 25.4 Å². The van der Waals surface area contributed by atoms with Crippen molar-refractivity contribution in [3.63, 3.8) is 0 Å². The van der Waals surface area contributed by atoms with E-state index < -0.39 is 6.04 Å². The topological polar surface area (TPSA) is 114 Å². The lowest BCUT2D eigenvalue weighted by atomic mass is 10.1. The zero-order valence-electron chi connectivity index (χ0n) is 12.9. The van der Waals surface area contributed by atoms with E-state index in [2.05, 4.69) is 25.4 Å². The van der Waals surface area contributed by atoms with Crippen LogP contribution in [0.25, 0.3) is 10.9 Å². The van der Waals surface area contributed by atoms with Crippen molar-refractivity contribution in [2.24, 2.45) is 0 Å². The van der Waals surface area contributed by atoms with Gasteiger partial charge in [-0.3, -0.25) is 9.59 Å². The van der Waals surface area contributed by atoms with E-state index in [0.717, 1.165) is 0 Å². The van der Waals surface area contributed by atoms with E-state index in [1.807, 2.05) is 0 Å². The Hall–Kier alpha value is -3.03. The molecular formula is C15H15N5O3. The number of carbonyl (C=O) groups is 1. The maximum atomic E-state index is 12.3. The van der Waals surface area contributed by atoms with Gasteiger partial charge in [-0.05, 0) is 39.0 Å². The number of benzene rings is 1. The molecule has 2 aromatic heterocycles. The summed E-state index contributed by atoms with van der Waals surface area (Å²) in [5.41, 5.74) is 0.646. The standard InChI is InChI=1S/C15H15N5O3/c1-7(15-19-9(3)20-23-15)16-13(21)10-4-5-11-12(6-10)17-8(2)18-14(11)22/h4-7H,1-3H3,(H,16,21)(H,17,18,22). The van der Waals surface area contributed by atoms with Crippen LogP contribution < -0.4 is 10.9 Å². The van der Waals surface area contributed by atoms with Crippen LogP contribution in [0.15, 0.2) is 27.5 Å². The molecule has 0 aliphatic rings. The molecule has 2 N–H and O–H groups in total. The van der Waals surface area contributed by atoms with Crippen LogP contribution in [0.5, 0.6) is 0 Å². The van der Waals surface area contributed by atoms with Gasteiger partial charge in [-0.25, -0.2) is 4.98 Å². The zero-order valence-corrected chi connectivity index (χ0v) is 12.9. The Labute approximate surface area is 130 Å². The molecule has 2 heterocycles. The van der Waals surface area contributed by atoms with Gasteiger partial charge in [-0.15, -0.1) is 0 Å². The number of nitrogens with one attached hydrogen (secondary N) is 2. The Kier molecular flexibility index (Phi) is 3.65. The number of fused-ring (bicyclic) bond motifs is 1. The van der Waals surface area contributed by atoms with Crippen molar-refractivity contribution < 1.29 is 9.32 Å². The molecule has 8 nitrogen and oxygen atoms in total. The number of carbonyl (C=O) groups excluding carboxylic acids is 1. The summed E-state index contributed by atoms with van der Waals surface area (Å²) in [6.07, 6.45) is 0. The van der Waals surface area contributed by atoms with Crippen LogP contribution in [0.2, 0.25) is 0 Å². The fourth-order valence-corrected chi connectivity index (χ4v) is 2.23. The minimum Gasteiger partial charge on any atom is -0.341 e. The highest BCUT2D eigenvalue weighted by Crippen LogP contribution is 2.13. The summed E-state index contributed by atoms with van der Waals surface area (Å²) in [7, 11) is 0. The second kappa shape index (κ2) is 5.64. The van der Waals surface area contributed by atoms with Gasteiger partial charge in [0.05, 0.1) is 10.9 Å². The summed E-state index contributed by atoms with van der Waals surface area (Å²) >= 11 is 0. The molecule has 8 heteroatoms. The Balaban J connectivity index is 1.87. The normalized spacial score (nSPS) is 12.3. The summed E-state index contributed by atoms with van der Waals surface area (Å²) in [6, 6.07) is 4.32. The van der Waals surface area contributed by atoms with Crippen LogP contribution >= 0.6 is 0 Å². The summed E-state index contributed by atoms with van der Waals surface area (Å²) in [5, 5.41) is 6.90. The van der Waals surface area contributed by atoms with E-state index in [-0.39, 0.29) is 11.5 Å². The molecule has 1 unspecified atom stereocenters. The van der Waals surface area contributed by atoms with Crippen molar-refractivity contribution in [1.29, 1.82) is 0 Å². The quantitative estimate of drug-likeness (QED) is 0.755. The number of H-pyrrole nitrogens is 1. The van der Waals surface area contributed by atoms with E-state index in [1.54, 1.807) is 39.0 Å². The van der Waals surface area contributed by atoms with Gasteiger partial charge in [0.1, 0.15) is 11.9 Å². The average molecular weight is 313 g/mol. The van der Waals surface area contributed by atoms with Crippen molar-refractivity contribution in [3.05, 3.63) is 51.7 Å². The van der Waals surface area contributed by atoms with Gasteiger partial charge in [-0.2, -0.15) is 4.98 Å². The lowest BCUT2D eigenvalue weighted by Gasteiger charge is -2.10. The first-order valence-electron chi connectivity index (χ1n) is 7.06. The number of amides is 1. The van der Waals surface area contributed by atoms with Gasteiger partial charge in [-0.1, -0.05) is 5.16 Å². The summed E-state index contributed by atoms with van der Waals surface area (Å²) < 4.78 is 5.03. The Morgan fingerprint density at radius 3 is 2.78 bits per heavy atom. The second-order valence-electron chi connectivity index (χ2n) is 5.26. The van der Waals surface area contributed by atoms with Gasteiger partial charge in [0.25, 0.3) is 11.5 Å². The Morgan fingerprint density at radius 1 is 1.30 bits per heavy atom. The molecule has 0 spiro atoms. The van der Waals surface area contributed by atoms with Crippen LogP contribution in [0.4, 0.5) is 0 Å². The van der Waals surface area contributed by atoms with Gasteiger partial charge in [0, 0.05) is 5.56 Å². The van der Waals surface area contributed by atoms with Crippen LogP contribution in [-0.2, 0) is 0 Å². The van der Waals surface area contributed by atoms with Gasteiger partial charge < -0.3 is 14.8 Å². The first-order chi connectivity index (χ1) is 10.9. The SMILES string of the molecule is Cc1noc(C(C)NC(=O)c2ccc3c(=O)[nH]c(C)nc3c2)n1. The Morgan fingerprint density at radius 2 is 2.09 bits per heavy atom. The Bertz CT molecular complexity index is 944. The average Bonchev–Trinajstić information content (AvgIpc) is 2.93. The molecule has 3 rings (SSSR count). The number of aryl methyl sites for hydroxylation is 2. The van der Waals surface area contributed by atoms with E-state index in [1.165, 1.54) is 0 Å². The molecule has 0 saturated carbocycles. The predicted molar refractivity (Wildman–Crippen MR) is 82.0 cm³/mol. The van der Waals surface area contributed by atoms with E-state index in [0.29, 0.717) is 34.0 Å². The molecule has 118 valence electrons. The summed E-state index contributed by atoms with van der Waals surface area (Å²) in [6.45, 7) is 5.14. The monoisotopic (exact) mass is 313 g/mol. The minimum atomic E-state index is -0.423. The van der Waals surface area contributed by atoms with E-state index in [9.17, 15) is 9.59 Å². The smallest absolute Gasteiger partial charge is 0.258 e. The molecule has 3 aromatic rings. The largest absolute Gasteiger partial charge is 0.341 e. The van der Waals surface area contributed by atoms with E-state index in [4.69, 9.17) is 4.52 Å². The first kappa shape index (κ1) is 14.9. The molecule has 0 fully saturated rings. The third-order valence-corrected chi connectivity index (χ3v) is 3.35. The third kappa shape index (κ3) is 2.96. The molecule has 23 heavy (non-hydrogen) atoms. The highest BCUT2D eigenvalue weighted by atomic mass is 16.5. The van der Waals surface area contributed by atoms with Crippen molar-refractivity contribution in [3.8, 4) is 0 Å². The van der Waals surface area contributed by atoms with E-state index >= 15 is 0 Å². The maximum Gasteiger partial charge on any atom is 0.258 e. The predicted octanol–water partition coefficient (Wildman–Crippen LogP) is 1.41. The number of aromatic amines is 1. The first-order valence-corrected chi connectivity index (χ1v) is 7.06. The lowest BCUT2D eigenvalue weighted by Crippen LogP contribution is -2.27. The molecule has 1 atom stereocenters. The third-order valence-electron chi connectivity index (χ3n) is 3.35. The number of hydrogen-bond acceptors (Lipinski definition) is 6. The van der Waals surface area contributed by atoms with Crippen LogP contribution in [-0.4, -0.2) is 26.0 Å². The van der Waals surface area contributed by atoms with Gasteiger partial charge in [0.15, 0.2) is 5.82 Å². The van der Waals surface area contributed by atoms with Crippen molar-refractivity contribution in [2.45, 2.75) is 26.8 Å². The zero-order chi connectivity index (χ0) is 16.6. The maximum absolute atomic E-state index is 12.3. The van der Waals surface area contributed by atoms with Gasteiger partial charge >= 0.3 is 0 Å². The summed E-state index contributed by atoms with van der Waals surface area (Å²) in [4.78, 5) is 35.1. The minimum absolute atomic E-state index is 0.228. The fraction of sp³-hybridized carbons (Fsp3) is 0.267. The molecule has 0 aliphatic carbocycles. The fourth-order valence-electron chi connectivity index (χ4n) is 2.23. The second-order valence-corrected chi connectivity index (χ2v) is 5.26. The number of hydrogen-bond donors (Lipinski definition) is 2. The van der Waals surface area contributed by atoms with Crippen molar-refractivity contribution >= 4 is 16.8 Å². The number of rotatable bonds is 3. The molecular weight excluding hydrogens is 298 g/mol. The molecule has 0 bridgehead atoms. The number of aromatic nitrogens is 4. The lowest BCUT2D eigenvalue weighted by molar-refractivity contribution is 0.0932. The highest BCUT2D eigenvalue weighted by Gasteiger charge is 2.17. The molecule has 1 aromatic carbocycles. The van der Waals surface area contributed by atoms with Crippen LogP contribution in [0, 0.1) is 13.8 Å². The highest BCUT2D eigenvalue weighted by molar-refractivity contribution is 5.97. The van der Waals surface area contributed by atoms with Crippen LogP contribution in [0.3, 0.4) is 0 Å². The molecule has 1 amide bonds.